The van der Waals surface area contributed by atoms with Crippen molar-refractivity contribution >= 4 is 11.8 Å². The Morgan fingerprint density at radius 1 is 0.913 bits per heavy atom. The summed E-state index contributed by atoms with van der Waals surface area (Å²) in [7, 11) is 0. The fourth-order valence-corrected chi connectivity index (χ4v) is 2.58. The minimum absolute atomic E-state index is 0.242. The minimum Gasteiger partial charge on any atom is -0.481 e. The Morgan fingerprint density at radius 2 is 1.43 bits per heavy atom. The monoisotopic (exact) mass is 322 g/mol. The number of ketones is 1. The van der Waals surface area contributed by atoms with E-state index in [0.29, 0.717) is 12.3 Å². The van der Waals surface area contributed by atoms with Crippen LogP contribution in [0.4, 0.5) is 0 Å². The summed E-state index contributed by atoms with van der Waals surface area (Å²) in [5, 5.41) is 8.96. The first-order chi connectivity index (χ1) is 10.7. The van der Waals surface area contributed by atoms with Gasteiger partial charge in [0.25, 0.3) is 0 Å². The molecular formula is C20H34O3. The topological polar surface area (TPSA) is 54.4 Å². The molecule has 0 aromatic rings. The zero-order valence-corrected chi connectivity index (χ0v) is 15.5. The van der Waals surface area contributed by atoms with Crippen LogP contribution in [-0.2, 0) is 9.59 Å². The molecule has 1 atom stereocenters. The van der Waals surface area contributed by atoms with E-state index in [1.165, 1.54) is 11.1 Å². The fourth-order valence-electron chi connectivity index (χ4n) is 2.58. The molecule has 132 valence electrons. The van der Waals surface area contributed by atoms with Gasteiger partial charge in [0.1, 0.15) is 5.78 Å². The van der Waals surface area contributed by atoms with Gasteiger partial charge in [0.15, 0.2) is 0 Å². The smallest absolute Gasteiger partial charge is 0.303 e. The van der Waals surface area contributed by atoms with Crippen LogP contribution in [-0.4, -0.2) is 16.9 Å². The van der Waals surface area contributed by atoms with Gasteiger partial charge in [0.05, 0.1) is 0 Å². The molecule has 0 spiro atoms. The second-order valence-electron chi connectivity index (χ2n) is 7.02. The van der Waals surface area contributed by atoms with Crippen LogP contribution in [0.15, 0.2) is 23.3 Å². The van der Waals surface area contributed by atoms with Crippen molar-refractivity contribution in [3.05, 3.63) is 23.3 Å². The predicted molar refractivity (Wildman–Crippen MR) is 96.5 cm³/mol. The molecule has 0 fully saturated rings. The highest BCUT2D eigenvalue weighted by molar-refractivity contribution is 5.75. The van der Waals surface area contributed by atoms with Crippen molar-refractivity contribution in [3.8, 4) is 0 Å². The molecule has 0 bridgehead atoms. The highest BCUT2D eigenvalue weighted by atomic mass is 16.4. The molecule has 23 heavy (non-hydrogen) atoms. The summed E-state index contributed by atoms with van der Waals surface area (Å²) in [6, 6.07) is 0. The van der Waals surface area contributed by atoms with Crippen molar-refractivity contribution in [1.29, 1.82) is 0 Å². The van der Waals surface area contributed by atoms with Crippen molar-refractivity contribution < 1.29 is 14.7 Å². The van der Waals surface area contributed by atoms with E-state index in [2.05, 4.69) is 39.8 Å². The second kappa shape index (κ2) is 12.1. The van der Waals surface area contributed by atoms with Gasteiger partial charge >= 0.3 is 5.97 Å². The van der Waals surface area contributed by atoms with E-state index in [1.807, 2.05) is 0 Å². The number of allylic oxidation sites excluding steroid dienone is 4. The molecule has 3 heteroatoms. The third-order valence-electron chi connectivity index (χ3n) is 4.31. The van der Waals surface area contributed by atoms with Crippen molar-refractivity contribution in [3.63, 3.8) is 0 Å². The molecule has 3 nitrogen and oxygen atoms in total. The van der Waals surface area contributed by atoms with Crippen molar-refractivity contribution in [2.45, 2.75) is 79.6 Å². The zero-order valence-electron chi connectivity index (χ0n) is 15.5. The quantitative estimate of drug-likeness (QED) is 0.479. The lowest BCUT2D eigenvalue weighted by Crippen LogP contribution is -2.14. The molecule has 0 unspecified atom stereocenters. The summed E-state index contributed by atoms with van der Waals surface area (Å²) in [5.41, 5.74) is 2.68. The average molecular weight is 322 g/mol. The molecule has 0 aromatic heterocycles. The van der Waals surface area contributed by atoms with E-state index in [9.17, 15) is 9.59 Å². The molecule has 0 rings (SSSR count). The van der Waals surface area contributed by atoms with Crippen LogP contribution in [0.5, 0.6) is 0 Å². The molecule has 0 saturated carbocycles. The number of carboxylic acid groups (broad SMARTS) is 1. The van der Waals surface area contributed by atoms with Gasteiger partial charge in [-0.2, -0.15) is 0 Å². The molecule has 0 aliphatic carbocycles. The second-order valence-corrected chi connectivity index (χ2v) is 7.02. The maximum Gasteiger partial charge on any atom is 0.303 e. The summed E-state index contributed by atoms with van der Waals surface area (Å²) in [5.74, 6) is 0.205. The SMILES string of the molecule is CC(=O)CC/C=C(\C)CC/C=C(\C)CC[C@H](CC(=O)O)C(C)C. The number of rotatable bonds is 12. The van der Waals surface area contributed by atoms with Crippen molar-refractivity contribution in [2.24, 2.45) is 11.8 Å². The Hall–Kier alpha value is -1.38. The summed E-state index contributed by atoms with van der Waals surface area (Å²) in [4.78, 5) is 21.8. The Bertz CT molecular complexity index is 430. The van der Waals surface area contributed by atoms with Gasteiger partial charge in [-0.15, -0.1) is 0 Å². The Kier molecular flexibility index (Phi) is 11.4. The summed E-state index contributed by atoms with van der Waals surface area (Å²) in [6.45, 7) is 10.1. The zero-order chi connectivity index (χ0) is 17.8. The maximum atomic E-state index is 10.9. The largest absolute Gasteiger partial charge is 0.481 e. The predicted octanol–water partition coefficient (Wildman–Crippen LogP) is 5.56. The summed E-state index contributed by atoms with van der Waals surface area (Å²) in [6.07, 6.45) is 10.1. The van der Waals surface area contributed by atoms with Gasteiger partial charge in [0, 0.05) is 12.8 Å². The Labute approximate surface area is 141 Å². The number of carboxylic acids is 1. The van der Waals surface area contributed by atoms with Crippen LogP contribution in [0.25, 0.3) is 0 Å². The lowest BCUT2D eigenvalue weighted by Gasteiger charge is -2.18. The number of hydrogen-bond acceptors (Lipinski definition) is 2. The van der Waals surface area contributed by atoms with Gasteiger partial charge in [-0.05, 0) is 64.7 Å². The first kappa shape index (κ1) is 21.6. The third kappa shape index (κ3) is 12.8. The molecule has 0 aliphatic heterocycles. The van der Waals surface area contributed by atoms with Crippen LogP contribution in [0.2, 0.25) is 0 Å². The van der Waals surface area contributed by atoms with E-state index in [1.54, 1.807) is 6.92 Å². The van der Waals surface area contributed by atoms with Crippen molar-refractivity contribution in [2.75, 3.05) is 0 Å². The van der Waals surface area contributed by atoms with Crippen LogP contribution >= 0.6 is 0 Å². The van der Waals surface area contributed by atoms with Gasteiger partial charge in [-0.1, -0.05) is 37.1 Å². The van der Waals surface area contributed by atoms with E-state index < -0.39 is 5.97 Å². The van der Waals surface area contributed by atoms with E-state index in [-0.39, 0.29) is 18.1 Å². The number of carbonyl (C=O) groups is 2. The first-order valence-electron chi connectivity index (χ1n) is 8.74. The Morgan fingerprint density at radius 3 is 1.91 bits per heavy atom. The summed E-state index contributed by atoms with van der Waals surface area (Å²) >= 11 is 0. The van der Waals surface area contributed by atoms with Crippen LogP contribution in [0.1, 0.15) is 79.6 Å². The molecule has 0 heterocycles. The van der Waals surface area contributed by atoms with Crippen LogP contribution in [0, 0.1) is 11.8 Å². The summed E-state index contributed by atoms with van der Waals surface area (Å²) < 4.78 is 0. The number of aliphatic carboxylic acids is 1. The van der Waals surface area contributed by atoms with Crippen LogP contribution < -0.4 is 0 Å². The van der Waals surface area contributed by atoms with Gasteiger partial charge in [-0.3, -0.25) is 4.79 Å². The first-order valence-corrected chi connectivity index (χ1v) is 8.74. The molecule has 0 radical (unpaired) electrons. The molecule has 0 saturated heterocycles. The standard InChI is InChI=1S/C20H34O3/c1-15(2)19(14-20(22)23)13-12-17(4)9-6-8-16(3)10-7-11-18(5)21/h9-10,15,19H,6-8,11-14H2,1-5H3,(H,22,23)/b16-10+,17-9+/t19-/m1/s1. The van der Waals surface area contributed by atoms with E-state index in [4.69, 9.17) is 5.11 Å². The Balaban J connectivity index is 4.15. The van der Waals surface area contributed by atoms with Crippen molar-refractivity contribution in [1.82, 2.24) is 0 Å². The lowest BCUT2D eigenvalue weighted by molar-refractivity contribution is -0.138. The normalized spacial score (nSPS) is 14.2. The van der Waals surface area contributed by atoms with E-state index in [0.717, 1.165) is 32.1 Å². The average Bonchev–Trinajstić information content (AvgIpc) is 2.42. The highest BCUT2D eigenvalue weighted by Crippen LogP contribution is 2.23. The molecule has 0 aromatic carbocycles. The minimum atomic E-state index is -0.698. The lowest BCUT2D eigenvalue weighted by atomic mass is 9.87. The maximum absolute atomic E-state index is 10.9. The molecule has 0 aliphatic rings. The highest BCUT2D eigenvalue weighted by Gasteiger charge is 2.16. The van der Waals surface area contributed by atoms with E-state index >= 15 is 0 Å². The molecule has 0 amide bonds. The third-order valence-corrected chi connectivity index (χ3v) is 4.31. The van der Waals surface area contributed by atoms with Crippen LogP contribution in [0.3, 0.4) is 0 Å². The number of Topliss-reactive ketones (excluding diaryl/α,β-unsaturated/α-hetero) is 1. The molecular weight excluding hydrogens is 288 g/mol. The molecule has 1 N–H and O–H groups in total. The van der Waals surface area contributed by atoms with Gasteiger partial charge in [0.2, 0.25) is 0 Å². The fraction of sp³-hybridized carbons (Fsp3) is 0.700. The van der Waals surface area contributed by atoms with Gasteiger partial charge < -0.3 is 9.90 Å². The number of hydrogen-bond donors (Lipinski definition) is 1. The number of carbonyl (C=O) groups excluding carboxylic acids is 1. The van der Waals surface area contributed by atoms with Gasteiger partial charge in [-0.25, -0.2) is 0 Å².